The molecule has 2 nitrogen and oxygen atoms in total. The van der Waals surface area contributed by atoms with Crippen LogP contribution in [0.4, 0.5) is 0 Å². The molecule has 0 saturated carbocycles. The Morgan fingerprint density at radius 3 is 2.57 bits per heavy atom. The first-order chi connectivity index (χ1) is 10.3. The van der Waals surface area contributed by atoms with Gasteiger partial charge in [0, 0.05) is 12.0 Å². The molecule has 0 aliphatic heterocycles. The van der Waals surface area contributed by atoms with Crippen LogP contribution in [0.5, 0.6) is 0 Å². The minimum Gasteiger partial charge on any atom is -0.293 e. The zero-order chi connectivity index (χ0) is 14.9. The van der Waals surface area contributed by atoms with E-state index in [1.165, 1.54) is 5.56 Å². The summed E-state index contributed by atoms with van der Waals surface area (Å²) in [5.41, 5.74) is 4.50. The molecule has 0 aromatic heterocycles. The number of allylic oxidation sites excluding steroid dienone is 2. The lowest BCUT2D eigenvalue weighted by Gasteiger charge is -2.25. The number of benzene rings is 1. The van der Waals surface area contributed by atoms with Crippen LogP contribution in [-0.4, -0.2) is 6.04 Å². The highest BCUT2D eigenvalue weighted by molar-refractivity contribution is 5.20. The van der Waals surface area contributed by atoms with Gasteiger partial charge in [-0.1, -0.05) is 74.1 Å². The van der Waals surface area contributed by atoms with Crippen molar-refractivity contribution in [2.24, 2.45) is 5.92 Å². The van der Waals surface area contributed by atoms with Crippen molar-refractivity contribution in [3.63, 3.8) is 0 Å². The van der Waals surface area contributed by atoms with Crippen molar-refractivity contribution in [1.29, 1.82) is 0 Å². The predicted octanol–water partition coefficient (Wildman–Crippen LogP) is 4.74. The van der Waals surface area contributed by atoms with Gasteiger partial charge in [0.2, 0.25) is 0 Å². The largest absolute Gasteiger partial charge is 0.293 e. The molecule has 0 spiro atoms. The molecule has 0 fully saturated rings. The molecular weight excluding hydrogens is 258 g/mol. The maximum atomic E-state index is 6.03. The van der Waals surface area contributed by atoms with Crippen molar-refractivity contribution in [1.82, 2.24) is 5.48 Å². The molecule has 2 atom stereocenters. The number of hydroxylamine groups is 1. The average molecular weight is 283 g/mol. The van der Waals surface area contributed by atoms with Gasteiger partial charge in [0.1, 0.15) is 6.10 Å². The lowest BCUT2D eigenvalue weighted by molar-refractivity contribution is -0.0534. The lowest BCUT2D eigenvalue weighted by Crippen LogP contribution is -2.35. The third-order valence-corrected chi connectivity index (χ3v) is 3.75. The van der Waals surface area contributed by atoms with Crippen molar-refractivity contribution in [3.8, 4) is 0 Å². The second kappa shape index (κ2) is 8.60. The lowest BCUT2D eigenvalue weighted by atomic mass is 9.99. The smallest absolute Gasteiger partial charge is 0.104 e. The molecule has 0 saturated heterocycles. The Bertz CT molecular complexity index is 466. The number of nitrogens with one attached hydrogen (secondary N) is 1. The van der Waals surface area contributed by atoms with Gasteiger partial charge in [-0.05, 0) is 18.4 Å². The van der Waals surface area contributed by atoms with Crippen LogP contribution in [0.1, 0.15) is 37.9 Å². The number of hydrogen-bond donors (Lipinski definition) is 1. The molecule has 0 radical (unpaired) electrons. The number of rotatable bonds is 9. The summed E-state index contributed by atoms with van der Waals surface area (Å²) >= 11 is 0. The van der Waals surface area contributed by atoms with E-state index in [0.717, 1.165) is 19.3 Å². The number of hydrogen-bond acceptors (Lipinski definition) is 2. The average Bonchev–Trinajstić information content (AvgIpc) is 3.05. The van der Waals surface area contributed by atoms with E-state index in [4.69, 9.17) is 4.84 Å². The molecule has 1 aromatic carbocycles. The quantitative estimate of drug-likeness (QED) is 0.522. The van der Waals surface area contributed by atoms with Crippen LogP contribution in [0.25, 0.3) is 0 Å². The first kappa shape index (κ1) is 15.7. The molecule has 1 aliphatic rings. The van der Waals surface area contributed by atoms with Crippen LogP contribution < -0.4 is 5.48 Å². The molecule has 0 amide bonds. The summed E-state index contributed by atoms with van der Waals surface area (Å²) in [6, 6.07) is 10.6. The highest BCUT2D eigenvalue weighted by Gasteiger charge is 2.19. The monoisotopic (exact) mass is 283 g/mol. The minimum absolute atomic E-state index is 0.0953. The van der Waals surface area contributed by atoms with Crippen LogP contribution in [-0.2, 0) is 4.84 Å². The van der Waals surface area contributed by atoms with Crippen molar-refractivity contribution < 1.29 is 4.84 Å². The van der Waals surface area contributed by atoms with Crippen LogP contribution >= 0.6 is 0 Å². The summed E-state index contributed by atoms with van der Waals surface area (Å²) < 4.78 is 0. The van der Waals surface area contributed by atoms with E-state index in [0.29, 0.717) is 5.92 Å². The van der Waals surface area contributed by atoms with E-state index >= 15 is 0 Å². The van der Waals surface area contributed by atoms with Gasteiger partial charge in [-0.15, -0.1) is 6.58 Å². The van der Waals surface area contributed by atoms with Crippen molar-refractivity contribution in [2.75, 3.05) is 0 Å². The van der Waals surface area contributed by atoms with Gasteiger partial charge in [0.15, 0.2) is 0 Å². The third-order valence-electron chi connectivity index (χ3n) is 3.75. The summed E-state index contributed by atoms with van der Waals surface area (Å²) in [4.78, 5) is 6.03. The zero-order valence-electron chi connectivity index (χ0n) is 12.7. The van der Waals surface area contributed by atoms with Crippen molar-refractivity contribution in [2.45, 2.75) is 38.3 Å². The maximum Gasteiger partial charge on any atom is 0.104 e. The minimum atomic E-state index is 0.0953. The summed E-state index contributed by atoms with van der Waals surface area (Å²) in [5, 5.41) is 0. The summed E-state index contributed by atoms with van der Waals surface area (Å²) in [6.07, 6.45) is 13.6. The Morgan fingerprint density at radius 2 is 1.95 bits per heavy atom. The van der Waals surface area contributed by atoms with Gasteiger partial charge < -0.3 is 0 Å². The highest BCUT2D eigenvalue weighted by Crippen LogP contribution is 2.23. The van der Waals surface area contributed by atoms with E-state index in [-0.39, 0.29) is 12.1 Å². The Kier molecular flexibility index (Phi) is 6.45. The fourth-order valence-electron chi connectivity index (χ4n) is 2.57. The molecule has 1 N–H and O–H groups in total. The fraction of sp³-hybridized carbons (Fsp3) is 0.368. The van der Waals surface area contributed by atoms with Gasteiger partial charge in [0.25, 0.3) is 0 Å². The Hall–Kier alpha value is -1.64. The maximum absolute atomic E-state index is 6.03. The molecule has 0 heterocycles. The topological polar surface area (TPSA) is 21.3 Å². The van der Waals surface area contributed by atoms with E-state index in [9.17, 15) is 0 Å². The summed E-state index contributed by atoms with van der Waals surface area (Å²) in [6.45, 7) is 6.03. The van der Waals surface area contributed by atoms with E-state index in [2.05, 4.69) is 67.6 Å². The van der Waals surface area contributed by atoms with Gasteiger partial charge in [-0.3, -0.25) is 4.84 Å². The predicted molar refractivity (Wildman–Crippen MR) is 88.7 cm³/mol. The van der Waals surface area contributed by atoms with Crippen LogP contribution in [0.15, 0.2) is 67.3 Å². The van der Waals surface area contributed by atoms with E-state index in [1.807, 2.05) is 12.1 Å². The van der Waals surface area contributed by atoms with E-state index < -0.39 is 0 Å². The van der Waals surface area contributed by atoms with Gasteiger partial charge in [-0.2, -0.15) is 5.48 Å². The Balaban J connectivity index is 1.97. The SMILES string of the molecule is C=CC[C@H](NO[C@@H](CCC)c1ccccc1)C1C=CC=C1. The zero-order valence-corrected chi connectivity index (χ0v) is 12.7. The standard InChI is InChI=1S/C19H25NO/c1-3-10-18(16-12-8-9-13-16)20-21-19(11-4-2)17-14-6-5-7-15-17/h3,5-9,12-16,18-20H,1,4,10-11H2,2H3/t18-,19-/m0/s1. The van der Waals surface area contributed by atoms with Crippen molar-refractivity contribution in [3.05, 3.63) is 72.9 Å². The third kappa shape index (κ3) is 4.69. The molecule has 0 bridgehead atoms. The van der Waals surface area contributed by atoms with Gasteiger partial charge in [-0.25, -0.2) is 0 Å². The van der Waals surface area contributed by atoms with Gasteiger partial charge >= 0.3 is 0 Å². The van der Waals surface area contributed by atoms with Crippen LogP contribution in [0.3, 0.4) is 0 Å². The molecule has 112 valence electrons. The molecule has 2 heteroatoms. The molecule has 1 aromatic rings. The van der Waals surface area contributed by atoms with E-state index in [1.54, 1.807) is 0 Å². The molecular formula is C19H25NO. The van der Waals surface area contributed by atoms with Crippen LogP contribution in [0.2, 0.25) is 0 Å². The Morgan fingerprint density at radius 1 is 1.24 bits per heavy atom. The molecule has 0 unspecified atom stereocenters. The first-order valence-corrected chi connectivity index (χ1v) is 7.77. The van der Waals surface area contributed by atoms with Crippen LogP contribution in [0, 0.1) is 5.92 Å². The normalized spacial score (nSPS) is 17.0. The second-order valence-electron chi connectivity index (χ2n) is 5.40. The summed E-state index contributed by atoms with van der Waals surface area (Å²) in [5.74, 6) is 0.376. The molecule has 21 heavy (non-hydrogen) atoms. The fourth-order valence-corrected chi connectivity index (χ4v) is 2.57. The molecule has 2 rings (SSSR count). The van der Waals surface area contributed by atoms with Crippen molar-refractivity contribution >= 4 is 0 Å². The Labute approximate surface area is 128 Å². The first-order valence-electron chi connectivity index (χ1n) is 7.77. The highest BCUT2D eigenvalue weighted by atomic mass is 16.7. The van der Waals surface area contributed by atoms with Gasteiger partial charge in [0.05, 0.1) is 0 Å². The molecule has 1 aliphatic carbocycles. The summed E-state index contributed by atoms with van der Waals surface area (Å²) in [7, 11) is 0. The second-order valence-corrected chi connectivity index (χ2v) is 5.40.